The molecule has 1 aromatic carbocycles. The zero-order chi connectivity index (χ0) is 17.9. The van der Waals surface area contributed by atoms with Gasteiger partial charge in [-0.2, -0.15) is 5.26 Å². The molecule has 6 nitrogen and oxygen atoms in total. The Balaban J connectivity index is 1.56. The van der Waals surface area contributed by atoms with Crippen molar-refractivity contribution in [1.82, 2.24) is 14.5 Å². The molecule has 6 heteroatoms. The van der Waals surface area contributed by atoms with Crippen molar-refractivity contribution in [3.63, 3.8) is 0 Å². The van der Waals surface area contributed by atoms with Crippen LogP contribution in [0.1, 0.15) is 24.4 Å². The number of benzene rings is 1. The van der Waals surface area contributed by atoms with E-state index in [0.29, 0.717) is 19.1 Å². The first-order valence-corrected chi connectivity index (χ1v) is 9.09. The summed E-state index contributed by atoms with van der Waals surface area (Å²) in [6, 6.07) is 14.8. The maximum Gasteiger partial charge on any atom is 0.204 e. The van der Waals surface area contributed by atoms with Crippen molar-refractivity contribution in [2.45, 2.75) is 32.4 Å². The number of furan rings is 1. The molecule has 1 N–H and O–H groups in total. The maximum absolute atomic E-state index is 8.85. The van der Waals surface area contributed by atoms with E-state index in [1.54, 1.807) is 0 Å². The number of aromatic nitrogens is 2. The Labute approximate surface area is 153 Å². The Hall–Kier alpha value is -2.78. The summed E-state index contributed by atoms with van der Waals surface area (Å²) in [5.74, 6) is 2.74. The van der Waals surface area contributed by atoms with Gasteiger partial charge in [-0.05, 0) is 44.0 Å². The molecule has 3 aromatic rings. The lowest BCUT2D eigenvalue weighted by molar-refractivity contribution is 0.242. The minimum atomic E-state index is 0.374. The Kier molecular flexibility index (Phi) is 4.63. The largest absolute Gasteiger partial charge is 0.464 e. The Morgan fingerprint density at radius 3 is 2.77 bits per heavy atom. The molecule has 1 aliphatic heterocycles. The first-order chi connectivity index (χ1) is 12.7. The molecule has 134 valence electrons. The molecule has 26 heavy (non-hydrogen) atoms. The summed E-state index contributed by atoms with van der Waals surface area (Å²) >= 11 is 0. The average molecular weight is 349 g/mol. The lowest BCUT2D eigenvalue weighted by Crippen LogP contribution is -2.39. The molecule has 0 bridgehead atoms. The predicted molar refractivity (Wildman–Crippen MR) is 101 cm³/mol. The molecule has 0 saturated carbocycles. The number of anilines is 1. The number of hydrogen-bond acceptors (Lipinski definition) is 5. The SMILES string of the molecule is Cc1ccc(Cn2c(NC3CCN(CC#N)CC3)nc3ccccc32)o1. The average Bonchev–Trinajstić information content (AvgIpc) is 3.21. The van der Waals surface area contributed by atoms with Crippen molar-refractivity contribution in [2.24, 2.45) is 0 Å². The summed E-state index contributed by atoms with van der Waals surface area (Å²) in [5, 5.41) is 12.5. The molecule has 0 unspecified atom stereocenters. The monoisotopic (exact) mass is 349 g/mol. The molecule has 0 radical (unpaired) electrons. The summed E-state index contributed by atoms with van der Waals surface area (Å²) in [7, 11) is 0. The van der Waals surface area contributed by atoms with Gasteiger partial charge in [-0.3, -0.25) is 4.90 Å². The number of nitrogens with zero attached hydrogens (tertiary/aromatic N) is 4. The highest BCUT2D eigenvalue weighted by molar-refractivity contribution is 5.78. The molecule has 0 spiro atoms. The van der Waals surface area contributed by atoms with E-state index in [1.165, 1.54) is 0 Å². The standard InChI is InChI=1S/C20H23N5O/c1-15-6-7-17(26-15)14-25-19-5-3-2-4-18(19)23-20(25)22-16-8-11-24(12-9-16)13-10-21/h2-7,16H,8-9,11-14H2,1H3,(H,22,23). The second-order valence-electron chi connectivity index (χ2n) is 6.88. The zero-order valence-electron chi connectivity index (χ0n) is 15.0. The molecule has 2 aromatic heterocycles. The van der Waals surface area contributed by atoms with E-state index < -0.39 is 0 Å². The molecule has 0 atom stereocenters. The number of hydrogen-bond donors (Lipinski definition) is 1. The van der Waals surface area contributed by atoms with Crippen LogP contribution in [0.15, 0.2) is 40.8 Å². The molecule has 4 rings (SSSR count). The van der Waals surface area contributed by atoms with Crippen molar-refractivity contribution < 1.29 is 4.42 Å². The third-order valence-electron chi connectivity index (χ3n) is 4.98. The van der Waals surface area contributed by atoms with Gasteiger partial charge in [0.1, 0.15) is 11.5 Å². The third-order valence-corrected chi connectivity index (χ3v) is 4.98. The highest BCUT2D eigenvalue weighted by Gasteiger charge is 2.21. The number of fused-ring (bicyclic) bond motifs is 1. The zero-order valence-corrected chi connectivity index (χ0v) is 15.0. The van der Waals surface area contributed by atoms with Gasteiger partial charge < -0.3 is 14.3 Å². The van der Waals surface area contributed by atoms with E-state index in [0.717, 1.165) is 54.4 Å². The maximum atomic E-state index is 8.85. The van der Waals surface area contributed by atoms with Crippen molar-refractivity contribution in [1.29, 1.82) is 5.26 Å². The molecule has 0 aliphatic carbocycles. The number of imidazole rings is 1. The van der Waals surface area contributed by atoms with Crippen LogP contribution in [0.5, 0.6) is 0 Å². The van der Waals surface area contributed by atoms with E-state index in [2.05, 4.69) is 26.9 Å². The van der Waals surface area contributed by atoms with Crippen LogP contribution in [0, 0.1) is 18.3 Å². The van der Waals surface area contributed by atoms with Crippen LogP contribution in [-0.2, 0) is 6.54 Å². The summed E-state index contributed by atoms with van der Waals surface area (Å²) in [6.45, 7) is 5.03. The number of rotatable bonds is 5. The number of likely N-dealkylation sites (tertiary alicyclic amines) is 1. The van der Waals surface area contributed by atoms with Crippen molar-refractivity contribution in [3.05, 3.63) is 47.9 Å². The topological polar surface area (TPSA) is 70.0 Å². The van der Waals surface area contributed by atoms with Gasteiger partial charge in [-0.25, -0.2) is 4.98 Å². The van der Waals surface area contributed by atoms with Crippen molar-refractivity contribution >= 4 is 17.0 Å². The summed E-state index contributed by atoms with van der Waals surface area (Å²) < 4.78 is 7.97. The van der Waals surface area contributed by atoms with Gasteiger partial charge in [-0.15, -0.1) is 0 Å². The van der Waals surface area contributed by atoms with Gasteiger partial charge in [0.05, 0.1) is 30.2 Å². The molecule has 1 saturated heterocycles. The quantitative estimate of drug-likeness (QED) is 0.715. The van der Waals surface area contributed by atoms with Gasteiger partial charge in [0, 0.05) is 19.1 Å². The smallest absolute Gasteiger partial charge is 0.204 e. The summed E-state index contributed by atoms with van der Waals surface area (Å²) in [4.78, 5) is 7.01. The van der Waals surface area contributed by atoms with Gasteiger partial charge in [-0.1, -0.05) is 12.1 Å². The van der Waals surface area contributed by atoms with Gasteiger partial charge in [0.25, 0.3) is 0 Å². The highest BCUT2D eigenvalue weighted by Crippen LogP contribution is 2.24. The van der Waals surface area contributed by atoms with E-state index in [9.17, 15) is 0 Å². The van der Waals surface area contributed by atoms with E-state index in [1.807, 2.05) is 37.3 Å². The van der Waals surface area contributed by atoms with Crippen LogP contribution in [0.25, 0.3) is 11.0 Å². The van der Waals surface area contributed by atoms with Crippen molar-refractivity contribution in [2.75, 3.05) is 25.0 Å². The first kappa shape index (κ1) is 16.7. The Morgan fingerprint density at radius 2 is 2.04 bits per heavy atom. The summed E-state index contributed by atoms with van der Waals surface area (Å²) in [6.07, 6.45) is 2.04. The van der Waals surface area contributed by atoms with Crippen LogP contribution in [-0.4, -0.2) is 40.1 Å². The van der Waals surface area contributed by atoms with Crippen LogP contribution in [0.2, 0.25) is 0 Å². The highest BCUT2D eigenvalue weighted by atomic mass is 16.3. The summed E-state index contributed by atoms with van der Waals surface area (Å²) in [5.41, 5.74) is 2.09. The molecule has 0 amide bonds. The number of nitriles is 1. The minimum absolute atomic E-state index is 0.374. The second-order valence-corrected chi connectivity index (χ2v) is 6.88. The first-order valence-electron chi connectivity index (χ1n) is 9.09. The van der Waals surface area contributed by atoms with E-state index in [-0.39, 0.29) is 0 Å². The number of aryl methyl sites for hydroxylation is 1. The van der Waals surface area contributed by atoms with Crippen LogP contribution >= 0.6 is 0 Å². The fourth-order valence-electron chi connectivity index (χ4n) is 3.59. The lowest BCUT2D eigenvalue weighted by Gasteiger charge is -2.31. The van der Waals surface area contributed by atoms with Gasteiger partial charge in [0.2, 0.25) is 5.95 Å². The van der Waals surface area contributed by atoms with Gasteiger partial charge >= 0.3 is 0 Å². The minimum Gasteiger partial charge on any atom is -0.464 e. The second kappa shape index (κ2) is 7.22. The van der Waals surface area contributed by atoms with Crippen LogP contribution in [0.3, 0.4) is 0 Å². The van der Waals surface area contributed by atoms with Crippen molar-refractivity contribution in [3.8, 4) is 6.07 Å². The normalized spacial score (nSPS) is 16.0. The molecule has 1 fully saturated rings. The molecular weight excluding hydrogens is 326 g/mol. The fraction of sp³-hybridized carbons (Fsp3) is 0.400. The number of para-hydroxylation sites is 2. The number of nitrogens with one attached hydrogen (secondary N) is 1. The predicted octanol–water partition coefficient (Wildman–Crippen LogP) is 3.39. The van der Waals surface area contributed by atoms with E-state index >= 15 is 0 Å². The molecule has 1 aliphatic rings. The third kappa shape index (κ3) is 3.44. The van der Waals surface area contributed by atoms with Crippen LogP contribution in [0.4, 0.5) is 5.95 Å². The number of piperidine rings is 1. The molecule has 3 heterocycles. The lowest BCUT2D eigenvalue weighted by atomic mass is 10.1. The Bertz CT molecular complexity index is 927. The van der Waals surface area contributed by atoms with E-state index in [4.69, 9.17) is 14.7 Å². The molecular formula is C20H23N5O. The van der Waals surface area contributed by atoms with Crippen LogP contribution < -0.4 is 5.32 Å². The Morgan fingerprint density at radius 1 is 1.23 bits per heavy atom. The fourth-order valence-corrected chi connectivity index (χ4v) is 3.59. The van der Waals surface area contributed by atoms with Gasteiger partial charge in [0.15, 0.2) is 0 Å².